The molecule has 10 rings (SSSR count). The molecular formula is C46H29NS2. The lowest BCUT2D eigenvalue weighted by atomic mass is 9.94. The third-order valence-electron chi connectivity index (χ3n) is 9.67. The van der Waals surface area contributed by atoms with E-state index in [9.17, 15) is 0 Å². The number of anilines is 3. The molecule has 3 heteroatoms. The summed E-state index contributed by atoms with van der Waals surface area (Å²) in [4.78, 5) is 2.45. The summed E-state index contributed by atoms with van der Waals surface area (Å²) >= 11 is 3.73. The third-order valence-corrected chi connectivity index (χ3v) is 12.0. The highest BCUT2D eigenvalue weighted by Gasteiger charge is 2.21. The lowest BCUT2D eigenvalue weighted by molar-refractivity contribution is 1.30. The van der Waals surface area contributed by atoms with Crippen LogP contribution in [0.1, 0.15) is 0 Å². The molecule has 8 aromatic carbocycles. The van der Waals surface area contributed by atoms with E-state index in [1.807, 2.05) is 22.7 Å². The zero-order valence-corrected chi connectivity index (χ0v) is 28.1. The minimum Gasteiger partial charge on any atom is -0.310 e. The topological polar surface area (TPSA) is 3.24 Å². The van der Waals surface area contributed by atoms with Crippen LogP contribution in [0.25, 0.3) is 73.4 Å². The molecule has 0 saturated carbocycles. The van der Waals surface area contributed by atoms with Gasteiger partial charge in [0.15, 0.2) is 0 Å². The zero-order valence-electron chi connectivity index (χ0n) is 26.5. The van der Waals surface area contributed by atoms with Crippen LogP contribution in [0.15, 0.2) is 176 Å². The summed E-state index contributed by atoms with van der Waals surface area (Å²) in [6.45, 7) is 0. The van der Waals surface area contributed by atoms with Gasteiger partial charge in [-0.15, -0.1) is 22.7 Å². The Labute approximate surface area is 292 Å². The van der Waals surface area contributed by atoms with E-state index in [1.54, 1.807) is 0 Å². The smallest absolute Gasteiger partial charge is 0.0546 e. The molecule has 0 unspecified atom stereocenters. The maximum atomic E-state index is 2.45. The van der Waals surface area contributed by atoms with Gasteiger partial charge in [-0.25, -0.2) is 0 Å². The molecule has 2 heterocycles. The first kappa shape index (κ1) is 28.3. The Bertz CT molecular complexity index is 2830. The first-order valence-electron chi connectivity index (χ1n) is 16.6. The Kier molecular flexibility index (Phi) is 6.61. The number of hydrogen-bond donors (Lipinski definition) is 0. The molecule has 0 bridgehead atoms. The van der Waals surface area contributed by atoms with Crippen molar-refractivity contribution < 1.29 is 0 Å². The van der Waals surface area contributed by atoms with Crippen LogP contribution < -0.4 is 4.90 Å². The van der Waals surface area contributed by atoms with E-state index >= 15 is 0 Å². The molecule has 0 amide bonds. The number of fused-ring (bicyclic) bond motifs is 7. The van der Waals surface area contributed by atoms with Gasteiger partial charge in [-0.3, -0.25) is 0 Å². The first-order valence-corrected chi connectivity index (χ1v) is 18.2. The fourth-order valence-corrected chi connectivity index (χ4v) is 9.57. The molecule has 0 N–H and O–H groups in total. The van der Waals surface area contributed by atoms with Gasteiger partial charge in [-0.05, 0) is 82.1 Å². The SMILES string of the molecule is c1ccc(-c2ccc(N(c3ccc4c(c3)sc3ccccc34)c3ccc4ccccc4c3-c3ccc4sc5ccccc5c4c3)cc2)cc1. The highest BCUT2D eigenvalue weighted by molar-refractivity contribution is 7.26. The highest BCUT2D eigenvalue weighted by Crippen LogP contribution is 2.47. The Morgan fingerprint density at radius 2 is 0.898 bits per heavy atom. The Morgan fingerprint density at radius 3 is 1.69 bits per heavy atom. The van der Waals surface area contributed by atoms with E-state index in [0.717, 1.165) is 17.1 Å². The van der Waals surface area contributed by atoms with E-state index in [1.165, 1.54) is 73.4 Å². The Hall–Kier alpha value is -5.74. The predicted molar refractivity (Wildman–Crippen MR) is 215 cm³/mol. The van der Waals surface area contributed by atoms with E-state index in [2.05, 4.69) is 181 Å². The monoisotopic (exact) mass is 659 g/mol. The van der Waals surface area contributed by atoms with Crippen LogP contribution in [-0.4, -0.2) is 0 Å². The molecule has 0 radical (unpaired) electrons. The molecule has 0 aliphatic carbocycles. The molecule has 230 valence electrons. The van der Waals surface area contributed by atoms with Crippen molar-refractivity contribution in [2.75, 3.05) is 4.90 Å². The van der Waals surface area contributed by atoms with Gasteiger partial charge < -0.3 is 4.90 Å². The first-order chi connectivity index (χ1) is 24.3. The second-order valence-electron chi connectivity index (χ2n) is 12.5. The van der Waals surface area contributed by atoms with Crippen molar-refractivity contribution in [1.82, 2.24) is 0 Å². The Balaban J connectivity index is 1.24. The summed E-state index contributed by atoms with van der Waals surface area (Å²) in [6.07, 6.45) is 0. The molecule has 1 nitrogen and oxygen atoms in total. The quantitative estimate of drug-likeness (QED) is 0.178. The molecule has 49 heavy (non-hydrogen) atoms. The summed E-state index contributed by atoms with van der Waals surface area (Å²) in [5.74, 6) is 0. The van der Waals surface area contributed by atoms with Crippen molar-refractivity contribution in [3.63, 3.8) is 0 Å². The van der Waals surface area contributed by atoms with Crippen molar-refractivity contribution in [3.05, 3.63) is 176 Å². The number of thiophene rings is 2. The van der Waals surface area contributed by atoms with E-state index in [4.69, 9.17) is 0 Å². The van der Waals surface area contributed by atoms with Crippen LogP contribution in [0.3, 0.4) is 0 Å². The van der Waals surface area contributed by atoms with Gasteiger partial charge in [0.05, 0.1) is 5.69 Å². The van der Waals surface area contributed by atoms with E-state index < -0.39 is 0 Å². The summed E-state index contributed by atoms with van der Waals surface area (Å²) in [5.41, 5.74) is 8.30. The van der Waals surface area contributed by atoms with Gasteiger partial charge in [-0.1, -0.05) is 121 Å². The van der Waals surface area contributed by atoms with E-state index in [0.29, 0.717) is 0 Å². The van der Waals surface area contributed by atoms with Crippen molar-refractivity contribution in [1.29, 1.82) is 0 Å². The number of rotatable bonds is 5. The van der Waals surface area contributed by atoms with Gasteiger partial charge in [0.2, 0.25) is 0 Å². The molecule has 0 aliphatic rings. The van der Waals surface area contributed by atoms with Crippen molar-refractivity contribution in [2.45, 2.75) is 0 Å². The molecule has 0 atom stereocenters. The summed E-state index contributed by atoms with van der Waals surface area (Å²) in [7, 11) is 0. The number of benzene rings is 8. The van der Waals surface area contributed by atoms with Crippen LogP contribution in [0.5, 0.6) is 0 Å². The zero-order chi connectivity index (χ0) is 32.3. The maximum Gasteiger partial charge on any atom is 0.0546 e. The molecule has 0 aliphatic heterocycles. The predicted octanol–water partition coefficient (Wildman–Crippen LogP) is 14.4. The molecule has 0 fully saturated rings. The standard InChI is InChI=1S/C46H29NS2/c1-2-10-30(11-3-1)31-18-22-34(23-19-31)47(35-24-25-39-37-14-6-8-16-42(37)49-45(39)29-35)41-26-20-32-12-4-5-13-36(32)46(41)33-21-27-44-40(28-33)38-15-7-9-17-43(38)48-44/h1-29H. The summed E-state index contributed by atoms with van der Waals surface area (Å²) in [6, 6.07) is 64.6. The van der Waals surface area contributed by atoms with Crippen LogP contribution in [-0.2, 0) is 0 Å². The summed E-state index contributed by atoms with van der Waals surface area (Å²) in [5, 5.41) is 7.72. The molecule has 0 spiro atoms. The van der Waals surface area contributed by atoms with Gasteiger partial charge in [0.1, 0.15) is 0 Å². The van der Waals surface area contributed by atoms with Gasteiger partial charge >= 0.3 is 0 Å². The second kappa shape index (κ2) is 11.5. The van der Waals surface area contributed by atoms with Crippen LogP contribution in [0.2, 0.25) is 0 Å². The average molecular weight is 660 g/mol. The largest absolute Gasteiger partial charge is 0.310 e. The second-order valence-corrected chi connectivity index (χ2v) is 14.7. The average Bonchev–Trinajstić information content (AvgIpc) is 3.73. The number of hydrogen-bond acceptors (Lipinski definition) is 3. The lowest BCUT2D eigenvalue weighted by Crippen LogP contribution is -2.11. The van der Waals surface area contributed by atoms with Crippen LogP contribution in [0.4, 0.5) is 17.1 Å². The van der Waals surface area contributed by atoms with Crippen LogP contribution in [0, 0.1) is 0 Å². The highest BCUT2D eigenvalue weighted by atomic mass is 32.1. The van der Waals surface area contributed by atoms with E-state index in [-0.39, 0.29) is 0 Å². The van der Waals surface area contributed by atoms with Crippen LogP contribution >= 0.6 is 22.7 Å². The van der Waals surface area contributed by atoms with Crippen molar-refractivity contribution in [3.8, 4) is 22.3 Å². The normalized spacial score (nSPS) is 11.7. The fourth-order valence-electron chi connectivity index (χ4n) is 7.35. The van der Waals surface area contributed by atoms with Gasteiger partial charge in [0, 0.05) is 57.3 Å². The molecule has 2 aromatic heterocycles. The van der Waals surface area contributed by atoms with Gasteiger partial charge in [0.25, 0.3) is 0 Å². The number of nitrogens with zero attached hydrogens (tertiary/aromatic N) is 1. The van der Waals surface area contributed by atoms with Crippen molar-refractivity contribution >= 4 is 90.9 Å². The van der Waals surface area contributed by atoms with Gasteiger partial charge in [-0.2, -0.15) is 0 Å². The maximum absolute atomic E-state index is 2.45. The molecule has 0 saturated heterocycles. The Morgan fingerprint density at radius 1 is 0.327 bits per heavy atom. The summed E-state index contributed by atoms with van der Waals surface area (Å²) < 4.78 is 5.24. The third kappa shape index (κ3) is 4.74. The lowest BCUT2D eigenvalue weighted by Gasteiger charge is -2.29. The molecular weight excluding hydrogens is 631 g/mol. The molecule has 10 aromatic rings. The minimum atomic E-state index is 1.12. The minimum absolute atomic E-state index is 1.12. The van der Waals surface area contributed by atoms with Crippen molar-refractivity contribution in [2.24, 2.45) is 0 Å². The fraction of sp³-hybridized carbons (Fsp3) is 0.